The van der Waals surface area contributed by atoms with Crippen LogP contribution in [0.5, 0.6) is 5.75 Å². The Hall–Kier alpha value is -3.71. The van der Waals surface area contributed by atoms with Gasteiger partial charge in [-0.15, -0.1) is 0 Å². The summed E-state index contributed by atoms with van der Waals surface area (Å²) in [6, 6.07) is 22.1. The molecule has 0 spiro atoms. The Morgan fingerprint density at radius 1 is 0.906 bits per heavy atom. The van der Waals surface area contributed by atoms with Crippen LogP contribution in [0.4, 0.5) is 4.39 Å². The van der Waals surface area contributed by atoms with Crippen LogP contribution in [0.2, 0.25) is 0 Å². The van der Waals surface area contributed by atoms with Crippen molar-refractivity contribution in [3.05, 3.63) is 84.8 Å². The van der Waals surface area contributed by atoms with E-state index in [2.05, 4.69) is 4.98 Å². The normalized spacial score (nSPS) is 11.1. The second-order valence-corrected chi connectivity index (χ2v) is 7.87. The highest BCUT2D eigenvalue weighted by molar-refractivity contribution is 7.98. The van der Waals surface area contributed by atoms with Crippen molar-refractivity contribution < 1.29 is 9.13 Å². The third kappa shape index (κ3) is 3.61. The van der Waals surface area contributed by atoms with E-state index in [0.29, 0.717) is 5.16 Å². The first-order valence-corrected chi connectivity index (χ1v) is 11.2. The summed E-state index contributed by atoms with van der Waals surface area (Å²) in [6.45, 7) is 0. The van der Waals surface area contributed by atoms with Gasteiger partial charge in [-0.3, -0.25) is 0 Å². The average molecular weight is 443 g/mol. The van der Waals surface area contributed by atoms with Crippen molar-refractivity contribution in [3.8, 4) is 39.5 Å². The van der Waals surface area contributed by atoms with Crippen LogP contribution in [0.1, 0.15) is 0 Å². The number of fused-ring (bicyclic) bond motifs is 1. The molecule has 158 valence electrons. The van der Waals surface area contributed by atoms with E-state index in [0.717, 1.165) is 45.0 Å². The molecule has 5 rings (SSSR count). The molecule has 0 N–H and O–H groups in total. The Balaban J connectivity index is 1.80. The molecule has 0 unspecified atom stereocenters. The monoisotopic (exact) mass is 442 g/mol. The lowest BCUT2D eigenvalue weighted by molar-refractivity contribution is 0.415. The average Bonchev–Trinajstić information content (AvgIpc) is 3.24. The van der Waals surface area contributed by atoms with Crippen molar-refractivity contribution in [2.45, 2.75) is 5.16 Å². The van der Waals surface area contributed by atoms with Crippen LogP contribution in [-0.2, 0) is 0 Å². The fourth-order valence-electron chi connectivity index (χ4n) is 3.69. The van der Waals surface area contributed by atoms with Gasteiger partial charge in [0.1, 0.15) is 17.3 Å². The van der Waals surface area contributed by atoms with E-state index in [1.165, 1.54) is 23.9 Å². The molecular formula is C25H19FN4OS. The summed E-state index contributed by atoms with van der Waals surface area (Å²) in [6.07, 6.45) is 3.71. The molecule has 0 aliphatic heterocycles. The first kappa shape index (κ1) is 20.2. The Morgan fingerprint density at radius 3 is 2.38 bits per heavy atom. The van der Waals surface area contributed by atoms with E-state index in [1.807, 2.05) is 59.3 Å². The van der Waals surface area contributed by atoms with Gasteiger partial charge in [0.2, 0.25) is 0 Å². The lowest BCUT2D eigenvalue weighted by atomic mass is 10.0. The van der Waals surface area contributed by atoms with Gasteiger partial charge in [0.25, 0.3) is 0 Å². The molecule has 0 saturated heterocycles. The molecule has 3 heterocycles. The summed E-state index contributed by atoms with van der Waals surface area (Å²) in [5.74, 6) is 0.504. The molecule has 0 amide bonds. The molecule has 3 aromatic heterocycles. The highest BCUT2D eigenvalue weighted by Crippen LogP contribution is 2.37. The fraction of sp³-hybridized carbons (Fsp3) is 0.0800. The van der Waals surface area contributed by atoms with Crippen molar-refractivity contribution in [1.29, 1.82) is 0 Å². The number of hydrogen-bond acceptors (Lipinski definition) is 5. The molecule has 32 heavy (non-hydrogen) atoms. The second-order valence-electron chi connectivity index (χ2n) is 7.10. The van der Waals surface area contributed by atoms with Gasteiger partial charge < -0.3 is 4.74 Å². The van der Waals surface area contributed by atoms with Crippen LogP contribution in [0.15, 0.2) is 84.1 Å². The van der Waals surface area contributed by atoms with Gasteiger partial charge >= 0.3 is 0 Å². The lowest BCUT2D eigenvalue weighted by Gasteiger charge is -2.06. The van der Waals surface area contributed by atoms with Crippen molar-refractivity contribution in [1.82, 2.24) is 19.6 Å². The van der Waals surface area contributed by atoms with Crippen LogP contribution < -0.4 is 4.74 Å². The Labute approximate surface area is 188 Å². The van der Waals surface area contributed by atoms with Crippen LogP contribution in [0.25, 0.3) is 39.3 Å². The van der Waals surface area contributed by atoms with Crippen molar-refractivity contribution in [2.75, 3.05) is 13.4 Å². The van der Waals surface area contributed by atoms with Gasteiger partial charge in [0, 0.05) is 17.3 Å². The molecule has 0 aliphatic carbocycles. The highest BCUT2D eigenvalue weighted by Gasteiger charge is 2.20. The Bertz CT molecular complexity index is 1400. The standard InChI is InChI=1S/C25H19FN4OS/c1-31-19-12-8-17(9-13-19)24-23(20-14-15-27-25(28-20)32-2)22-5-3-4-21(30(22)29-24)16-6-10-18(26)11-7-16/h3-15H,1-2H3. The van der Waals surface area contributed by atoms with Gasteiger partial charge in [-0.1, -0.05) is 17.8 Å². The van der Waals surface area contributed by atoms with Crippen LogP contribution >= 0.6 is 11.8 Å². The summed E-state index contributed by atoms with van der Waals surface area (Å²) >= 11 is 1.49. The van der Waals surface area contributed by atoms with Gasteiger partial charge in [0.05, 0.1) is 29.6 Å². The molecule has 5 aromatic rings. The summed E-state index contributed by atoms with van der Waals surface area (Å²) in [5, 5.41) is 5.68. The predicted molar refractivity (Wildman–Crippen MR) is 125 cm³/mol. The number of thioether (sulfide) groups is 1. The predicted octanol–water partition coefficient (Wildman–Crippen LogP) is 5.99. The smallest absolute Gasteiger partial charge is 0.187 e. The van der Waals surface area contributed by atoms with E-state index in [9.17, 15) is 4.39 Å². The van der Waals surface area contributed by atoms with E-state index >= 15 is 0 Å². The fourth-order valence-corrected chi connectivity index (χ4v) is 4.05. The van der Waals surface area contributed by atoms with Crippen molar-refractivity contribution in [3.63, 3.8) is 0 Å². The largest absolute Gasteiger partial charge is 0.497 e. The van der Waals surface area contributed by atoms with Crippen LogP contribution in [0.3, 0.4) is 0 Å². The molecule has 0 fully saturated rings. The molecule has 7 heteroatoms. The summed E-state index contributed by atoms with van der Waals surface area (Å²) in [5.41, 5.74) is 6.09. The lowest BCUT2D eigenvalue weighted by Crippen LogP contribution is -1.94. The molecule has 0 bridgehead atoms. The van der Waals surface area contributed by atoms with E-state index < -0.39 is 0 Å². The zero-order valence-corrected chi connectivity index (χ0v) is 18.3. The van der Waals surface area contributed by atoms with Crippen molar-refractivity contribution in [2.24, 2.45) is 0 Å². The Kier molecular flexibility index (Phi) is 5.33. The zero-order chi connectivity index (χ0) is 22.1. The van der Waals surface area contributed by atoms with Crippen LogP contribution in [0, 0.1) is 5.82 Å². The minimum Gasteiger partial charge on any atom is -0.497 e. The molecule has 0 saturated carbocycles. The summed E-state index contributed by atoms with van der Waals surface area (Å²) < 4.78 is 20.7. The number of rotatable bonds is 5. The summed E-state index contributed by atoms with van der Waals surface area (Å²) in [4.78, 5) is 9.06. The maximum atomic E-state index is 13.5. The minimum atomic E-state index is -0.272. The number of pyridine rings is 1. The van der Waals surface area contributed by atoms with E-state index in [4.69, 9.17) is 14.8 Å². The third-order valence-corrected chi connectivity index (χ3v) is 5.79. The number of methoxy groups -OCH3 is 1. The maximum Gasteiger partial charge on any atom is 0.187 e. The second kappa shape index (κ2) is 8.43. The molecule has 0 aliphatic rings. The molecule has 0 radical (unpaired) electrons. The molecular weight excluding hydrogens is 423 g/mol. The first-order chi connectivity index (χ1) is 15.7. The number of nitrogens with zero attached hydrogens (tertiary/aromatic N) is 4. The molecule has 5 nitrogen and oxygen atoms in total. The Morgan fingerprint density at radius 2 is 1.66 bits per heavy atom. The first-order valence-electron chi connectivity index (χ1n) is 9.97. The highest BCUT2D eigenvalue weighted by atomic mass is 32.2. The number of aromatic nitrogens is 4. The summed E-state index contributed by atoms with van der Waals surface area (Å²) in [7, 11) is 1.64. The van der Waals surface area contributed by atoms with Gasteiger partial charge in [-0.05, 0) is 73.0 Å². The third-order valence-electron chi connectivity index (χ3n) is 5.23. The number of benzene rings is 2. The van der Waals surface area contributed by atoms with Gasteiger partial charge in [-0.25, -0.2) is 18.9 Å². The SMILES string of the molecule is COc1ccc(-c2nn3c(-c4ccc(F)cc4)cccc3c2-c2ccnc(SC)n2)cc1. The number of ether oxygens (including phenoxy) is 1. The maximum absolute atomic E-state index is 13.5. The minimum absolute atomic E-state index is 0.272. The zero-order valence-electron chi connectivity index (χ0n) is 17.5. The van der Waals surface area contributed by atoms with Crippen LogP contribution in [-0.4, -0.2) is 32.9 Å². The van der Waals surface area contributed by atoms with Gasteiger partial charge in [-0.2, -0.15) is 5.10 Å². The van der Waals surface area contributed by atoms with E-state index in [-0.39, 0.29) is 5.82 Å². The molecule has 0 atom stereocenters. The topological polar surface area (TPSA) is 52.3 Å². The van der Waals surface area contributed by atoms with Crippen molar-refractivity contribution >= 4 is 17.3 Å². The number of halogens is 1. The van der Waals surface area contributed by atoms with Gasteiger partial charge in [0.15, 0.2) is 5.16 Å². The molecule has 2 aromatic carbocycles. The van der Waals surface area contributed by atoms with E-state index in [1.54, 1.807) is 25.4 Å². The quantitative estimate of drug-likeness (QED) is 0.247. The number of hydrogen-bond donors (Lipinski definition) is 0.